The van der Waals surface area contributed by atoms with Crippen molar-refractivity contribution in [1.29, 1.82) is 0 Å². The van der Waals surface area contributed by atoms with Gasteiger partial charge in [0.1, 0.15) is 11.5 Å². The van der Waals surface area contributed by atoms with Gasteiger partial charge in [0, 0.05) is 11.6 Å². The van der Waals surface area contributed by atoms with Crippen molar-refractivity contribution < 1.29 is 26.7 Å². The number of sulfone groups is 1. The smallest absolute Gasteiger partial charge is 0.341 e. The molecule has 0 radical (unpaired) electrons. The number of thiazole rings is 1. The molecule has 0 saturated carbocycles. The predicted octanol–water partition coefficient (Wildman–Crippen LogP) is 5.34. The molecular weight excluding hydrogens is 446 g/mol. The number of nitrogens with one attached hydrogen (secondary N) is 1. The number of para-hydroxylation sites is 1. The zero-order valence-corrected chi connectivity index (χ0v) is 17.3. The molecule has 0 aliphatic heterocycles. The van der Waals surface area contributed by atoms with Gasteiger partial charge in [-0.1, -0.05) is 29.5 Å². The minimum atomic E-state index is -4.71. The van der Waals surface area contributed by atoms with E-state index in [2.05, 4.69) is 10.3 Å². The van der Waals surface area contributed by atoms with Gasteiger partial charge in [0.25, 0.3) is 5.91 Å². The number of fused-ring (bicyclic) bond motifs is 1. The van der Waals surface area contributed by atoms with E-state index in [0.29, 0.717) is 22.1 Å². The number of alkyl halides is 2. The topological polar surface area (TPSA) is 85.4 Å². The third-order valence-corrected chi connectivity index (χ3v) is 6.57. The zero-order valence-electron chi connectivity index (χ0n) is 15.7. The Bertz CT molecular complexity index is 1340. The number of rotatable bonds is 6. The van der Waals surface area contributed by atoms with Crippen molar-refractivity contribution in [3.63, 3.8) is 0 Å². The lowest BCUT2D eigenvalue weighted by Gasteiger charge is -2.05. The van der Waals surface area contributed by atoms with Gasteiger partial charge in [0.2, 0.25) is 9.84 Å². The summed E-state index contributed by atoms with van der Waals surface area (Å²) >= 11 is 1.24. The second-order valence-corrected chi connectivity index (χ2v) is 9.30. The molecule has 10 heteroatoms. The van der Waals surface area contributed by atoms with E-state index < -0.39 is 26.4 Å². The van der Waals surface area contributed by atoms with Crippen molar-refractivity contribution >= 4 is 42.4 Å². The van der Waals surface area contributed by atoms with Crippen molar-refractivity contribution in [1.82, 2.24) is 4.98 Å². The Balaban J connectivity index is 1.50. The molecule has 1 aromatic heterocycles. The molecule has 0 spiro atoms. The molecule has 1 N–H and O–H groups in total. The Labute approximate surface area is 180 Å². The number of anilines is 1. The van der Waals surface area contributed by atoms with Crippen molar-refractivity contribution in [3.8, 4) is 11.5 Å². The number of halogens is 2. The molecule has 0 saturated heterocycles. The van der Waals surface area contributed by atoms with Gasteiger partial charge < -0.3 is 4.74 Å². The minimum absolute atomic E-state index is 0.112. The molecule has 4 rings (SSSR count). The van der Waals surface area contributed by atoms with Gasteiger partial charge in [-0.05, 0) is 48.5 Å². The molecule has 31 heavy (non-hydrogen) atoms. The number of nitrogens with zero attached hydrogens (tertiary/aromatic N) is 1. The van der Waals surface area contributed by atoms with Crippen LogP contribution in [-0.2, 0) is 9.84 Å². The molecule has 0 aliphatic rings. The van der Waals surface area contributed by atoms with Crippen LogP contribution in [-0.4, -0.2) is 25.1 Å². The van der Waals surface area contributed by atoms with Gasteiger partial charge in [-0.25, -0.2) is 13.4 Å². The summed E-state index contributed by atoms with van der Waals surface area (Å²) in [6.45, 7) is 0. The van der Waals surface area contributed by atoms with Crippen molar-refractivity contribution in [2.24, 2.45) is 0 Å². The van der Waals surface area contributed by atoms with E-state index in [4.69, 9.17) is 4.74 Å². The highest BCUT2D eigenvalue weighted by Gasteiger charge is 2.26. The molecule has 0 unspecified atom stereocenters. The summed E-state index contributed by atoms with van der Waals surface area (Å²) in [7, 11) is -4.71. The number of ether oxygens (including phenoxy) is 1. The van der Waals surface area contributed by atoms with Crippen molar-refractivity contribution in [2.45, 2.75) is 10.7 Å². The molecule has 0 atom stereocenters. The van der Waals surface area contributed by atoms with Crippen LogP contribution in [0.4, 0.5) is 13.9 Å². The number of carbonyl (C=O) groups excluding carboxylic acids is 1. The van der Waals surface area contributed by atoms with Crippen LogP contribution in [0.5, 0.6) is 11.5 Å². The third kappa shape index (κ3) is 4.54. The van der Waals surface area contributed by atoms with E-state index in [9.17, 15) is 22.0 Å². The SMILES string of the molecule is O=C(Nc1nc2ccc(Oc3ccccc3)cc2s1)c1ccc(S(=O)(=O)C(F)F)cc1. The third-order valence-electron chi connectivity index (χ3n) is 4.24. The summed E-state index contributed by atoms with van der Waals surface area (Å²) < 4.78 is 54.8. The van der Waals surface area contributed by atoms with Crippen LogP contribution in [0.3, 0.4) is 0 Å². The molecule has 1 heterocycles. The van der Waals surface area contributed by atoms with Gasteiger partial charge >= 0.3 is 5.76 Å². The summed E-state index contributed by atoms with van der Waals surface area (Å²) in [5.74, 6) is -2.75. The van der Waals surface area contributed by atoms with Crippen LogP contribution in [0.1, 0.15) is 10.4 Å². The average molecular weight is 460 g/mol. The molecule has 4 aromatic rings. The maximum absolute atomic E-state index is 12.6. The minimum Gasteiger partial charge on any atom is -0.457 e. The molecule has 1 amide bonds. The van der Waals surface area contributed by atoms with E-state index in [0.717, 1.165) is 16.8 Å². The van der Waals surface area contributed by atoms with Crippen LogP contribution < -0.4 is 10.1 Å². The summed E-state index contributed by atoms with van der Waals surface area (Å²) in [5, 5.41) is 2.96. The lowest BCUT2D eigenvalue weighted by molar-refractivity contribution is 0.102. The largest absolute Gasteiger partial charge is 0.457 e. The number of hydrogen-bond donors (Lipinski definition) is 1. The highest BCUT2D eigenvalue weighted by atomic mass is 32.2. The second-order valence-electron chi connectivity index (χ2n) is 6.35. The Kier molecular flexibility index (Phi) is 5.66. The fraction of sp³-hybridized carbons (Fsp3) is 0.0476. The first-order chi connectivity index (χ1) is 14.8. The number of aromatic nitrogens is 1. The van der Waals surface area contributed by atoms with E-state index in [1.54, 1.807) is 18.2 Å². The summed E-state index contributed by atoms with van der Waals surface area (Å²) in [5.41, 5.74) is 0.777. The highest BCUT2D eigenvalue weighted by Crippen LogP contribution is 2.31. The van der Waals surface area contributed by atoms with E-state index in [1.165, 1.54) is 23.5 Å². The first-order valence-electron chi connectivity index (χ1n) is 8.90. The predicted molar refractivity (Wildman–Crippen MR) is 114 cm³/mol. The van der Waals surface area contributed by atoms with Gasteiger partial charge in [0.15, 0.2) is 5.13 Å². The number of carbonyl (C=O) groups is 1. The van der Waals surface area contributed by atoms with E-state index >= 15 is 0 Å². The molecule has 6 nitrogen and oxygen atoms in total. The van der Waals surface area contributed by atoms with Crippen LogP contribution >= 0.6 is 11.3 Å². The Hall–Kier alpha value is -3.37. The molecule has 158 valence electrons. The normalized spacial score (nSPS) is 11.6. The lowest BCUT2D eigenvalue weighted by atomic mass is 10.2. The molecular formula is C21H14F2N2O4S2. The monoisotopic (exact) mass is 460 g/mol. The van der Waals surface area contributed by atoms with Crippen LogP contribution in [0, 0.1) is 0 Å². The quantitative estimate of drug-likeness (QED) is 0.420. The first kappa shape index (κ1) is 20.9. The van der Waals surface area contributed by atoms with Gasteiger partial charge in [-0.3, -0.25) is 10.1 Å². The molecule has 0 bridgehead atoms. The Morgan fingerprint density at radius 2 is 1.68 bits per heavy atom. The average Bonchev–Trinajstić information content (AvgIpc) is 3.16. The van der Waals surface area contributed by atoms with Gasteiger partial charge in [0.05, 0.1) is 15.1 Å². The Morgan fingerprint density at radius 1 is 0.968 bits per heavy atom. The van der Waals surface area contributed by atoms with Gasteiger partial charge in [-0.2, -0.15) is 8.78 Å². The maximum atomic E-state index is 12.6. The Morgan fingerprint density at radius 3 is 2.35 bits per heavy atom. The molecule has 0 aliphatic carbocycles. The zero-order chi connectivity index (χ0) is 22.0. The van der Waals surface area contributed by atoms with Crippen LogP contribution in [0.15, 0.2) is 77.7 Å². The molecule has 0 fully saturated rings. The number of amides is 1. The summed E-state index contributed by atoms with van der Waals surface area (Å²) in [6.07, 6.45) is 0. The summed E-state index contributed by atoms with van der Waals surface area (Å²) in [4.78, 5) is 16.2. The number of hydrogen-bond acceptors (Lipinski definition) is 6. The maximum Gasteiger partial charge on any atom is 0.341 e. The standard InChI is InChI=1S/C21H14F2N2O4S2/c22-20(23)31(27,28)16-9-6-13(7-10-16)19(26)25-21-24-17-11-8-15(12-18(17)30-21)29-14-4-2-1-3-5-14/h1-12,20H,(H,24,25,26). The fourth-order valence-corrected chi connectivity index (χ4v) is 4.33. The van der Waals surface area contributed by atoms with E-state index in [1.807, 2.05) is 30.3 Å². The van der Waals surface area contributed by atoms with Gasteiger partial charge in [-0.15, -0.1) is 0 Å². The van der Waals surface area contributed by atoms with Crippen LogP contribution in [0.2, 0.25) is 0 Å². The first-order valence-corrected chi connectivity index (χ1v) is 11.3. The van der Waals surface area contributed by atoms with Crippen LogP contribution in [0.25, 0.3) is 10.2 Å². The fourth-order valence-electron chi connectivity index (χ4n) is 2.71. The van der Waals surface area contributed by atoms with E-state index in [-0.39, 0.29) is 5.56 Å². The lowest BCUT2D eigenvalue weighted by Crippen LogP contribution is -2.14. The van der Waals surface area contributed by atoms with Crippen molar-refractivity contribution in [2.75, 3.05) is 5.32 Å². The summed E-state index contributed by atoms with van der Waals surface area (Å²) in [6, 6.07) is 18.9. The molecule has 3 aromatic carbocycles. The van der Waals surface area contributed by atoms with Crippen molar-refractivity contribution in [3.05, 3.63) is 78.4 Å². The highest BCUT2D eigenvalue weighted by molar-refractivity contribution is 7.91. The number of benzene rings is 3. The second kappa shape index (κ2) is 8.40.